The molecule has 5 aromatic rings. The summed E-state index contributed by atoms with van der Waals surface area (Å²) in [4.78, 5) is 29.7. The maximum absolute atomic E-state index is 12.6. The largest absolute Gasteiger partial charge is 0.329 e. The van der Waals surface area contributed by atoms with Crippen LogP contribution in [0.1, 0.15) is 10.6 Å². The quantitative estimate of drug-likeness (QED) is 0.457. The fourth-order valence-electron chi connectivity index (χ4n) is 3.74. The number of amides is 1. The summed E-state index contributed by atoms with van der Waals surface area (Å²) in [5.41, 5.74) is 4.20. The molecule has 2 heterocycles. The smallest absolute Gasteiger partial charge is 0.325 e. The van der Waals surface area contributed by atoms with E-state index in [9.17, 15) is 9.59 Å². The second-order valence-corrected chi connectivity index (χ2v) is 8.53. The van der Waals surface area contributed by atoms with Gasteiger partial charge in [-0.1, -0.05) is 36.4 Å². The van der Waals surface area contributed by atoms with Gasteiger partial charge in [0, 0.05) is 19.2 Å². The number of imidazole rings is 1. The second kappa shape index (κ2) is 7.85. The third kappa shape index (κ3) is 3.75. The van der Waals surface area contributed by atoms with E-state index in [2.05, 4.69) is 16.4 Å². The van der Waals surface area contributed by atoms with Gasteiger partial charge in [0.1, 0.15) is 6.54 Å². The average molecular weight is 429 g/mol. The lowest BCUT2D eigenvalue weighted by molar-refractivity contribution is -0.116. The minimum absolute atomic E-state index is 0.0341. The molecule has 0 unspecified atom stereocenters. The normalized spacial score (nSPS) is 11.3. The minimum atomic E-state index is -0.239. The highest BCUT2D eigenvalue weighted by molar-refractivity contribution is 7.18. The monoisotopic (exact) mass is 428 g/mol. The van der Waals surface area contributed by atoms with E-state index in [0.717, 1.165) is 33.5 Å². The van der Waals surface area contributed by atoms with Crippen LogP contribution in [-0.2, 0) is 24.8 Å². The molecule has 6 nitrogen and oxygen atoms in total. The molecular formula is C24H20N4O2S. The SMILES string of the molecule is Cn1c(=O)n(CC(=O)Nc2ccc(Cc3nc4ccccc4s3)cc2)c2ccccc21. The van der Waals surface area contributed by atoms with Crippen molar-refractivity contribution in [3.05, 3.63) is 93.9 Å². The van der Waals surface area contributed by atoms with Gasteiger partial charge in [0.15, 0.2) is 0 Å². The summed E-state index contributed by atoms with van der Waals surface area (Å²) < 4.78 is 4.23. The Morgan fingerprint density at radius 1 is 0.968 bits per heavy atom. The molecule has 1 amide bonds. The number of carbonyl (C=O) groups excluding carboxylic acids is 1. The number of hydrogen-bond donors (Lipinski definition) is 1. The molecule has 0 spiro atoms. The van der Waals surface area contributed by atoms with E-state index in [1.54, 1.807) is 23.0 Å². The molecule has 7 heteroatoms. The molecule has 0 bridgehead atoms. The lowest BCUT2D eigenvalue weighted by atomic mass is 10.1. The fraction of sp³-hybridized carbons (Fsp3) is 0.125. The van der Waals surface area contributed by atoms with E-state index in [1.165, 1.54) is 9.27 Å². The van der Waals surface area contributed by atoms with Crippen molar-refractivity contribution in [3.63, 3.8) is 0 Å². The van der Waals surface area contributed by atoms with Crippen molar-refractivity contribution in [2.45, 2.75) is 13.0 Å². The van der Waals surface area contributed by atoms with Crippen LogP contribution in [0.25, 0.3) is 21.3 Å². The molecule has 0 aliphatic heterocycles. The molecule has 5 rings (SSSR count). The minimum Gasteiger partial charge on any atom is -0.325 e. The van der Waals surface area contributed by atoms with Gasteiger partial charge in [-0.25, -0.2) is 9.78 Å². The predicted octanol–water partition coefficient (Wildman–Crippen LogP) is 4.18. The Kier molecular flexibility index (Phi) is 4.88. The van der Waals surface area contributed by atoms with E-state index in [4.69, 9.17) is 0 Å². The molecule has 0 fully saturated rings. The van der Waals surface area contributed by atoms with Crippen LogP contribution in [0.4, 0.5) is 5.69 Å². The van der Waals surface area contributed by atoms with Crippen LogP contribution in [0, 0.1) is 0 Å². The number of benzene rings is 3. The number of anilines is 1. The summed E-state index contributed by atoms with van der Waals surface area (Å²) >= 11 is 1.70. The predicted molar refractivity (Wildman–Crippen MR) is 125 cm³/mol. The fourth-order valence-corrected chi connectivity index (χ4v) is 4.74. The summed E-state index contributed by atoms with van der Waals surface area (Å²) in [6.07, 6.45) is 0.749. The van der Waals surface area contributed by atoms with E-state index in [0.29, 0.717) is 5.69 Å². The first-order valence-electron chi connectivity index (χ1n) is 9.96. The van der Waals surface area contributed by atoms with Gasteiger partial charge in [-0.3, -0.25) is 13.9 Å². The van der Waals surface area contributed by atoms with Crippen molar-refractivity contribution in [1.82, 2.24) is 14.1 Å². The molecule has 0 aliphatic rings. The van der Waals surface area contributed by atoms with Crippen molar-refractivity contribution in [1.29, 1.82) is 0 Å². The number of aromatic nitrogens is 3. The zero-order valence-electron chi connectivity index (χ0n) is 16.9. The molecule has 31 heavy (non-hydrogen) atoms. The van der Waals surface area contributed by atoms with Crippen LogP contribution in [-0.4, -0.2) is 20.0 Å². The lowest BCUT2D eigenvalue weighted by Gasteiger charge is -2.07. The van der Waals surface area contributed by atoms with Crippen LogP contribution >= 0.6 is 11.3 Å². The molecule has 2 aromatic heterocycles. The van der Waals surface area contributed by atoms with Crippen molar-refractivity contribution in [3.8, 4) is 0 Å². The summed E-state index contributed by atoms with van der Waals surface area (Å²) in [6.45, 7) is -0.0341. The van der Waals surface area contributed by atoms with Crippen molar-refractivity contribution >= 4 is 44.2 Å². The highest BCUT2D eigenvalue weighted by Crippen LogP contribution is 2.24. The molecule has 0 aliphatic carbocycles. The third-order valence-corrected chi connectivity index (χ3v) is 6.32. The Labute approximate surface area is 182 Å². The zero-order valence-corrected chi connectivity index (χ0v) is 17.7. The zero-order chi connectivity index (χ0) is 21.4. The number of hydrogen-bond acceptors (Lipinski definition) is 4. The first-order valence-corrected chi connectivity index (χ1v) is 10.8. The summed E-state index contributed by atoms with van der Waals surface area (Å²) in [7, 11) is 1.71. The Hall–Kier alpha value is -3.71. The number of nitrogens with zero attached hydrogens (tertiary/aromatic N) is 3. The Balaban J connectivity index is 1.28. The van der Waals surface area contributed by atoms with E-state index < -0.39 is 0 Å². The average Bonchev–Trinajstić information content (AvgIpc) is 3.29. The van der Waals surface area contributed by atoms with Gasteiger partial charge >= 0.3 is 5.69 Å². The molecule has 0 saturated heterocycles. The van der Waals surface area contributed by atoms with E-state index in [-0.39, 0.29) is 18.1 Å². The van der Waals surface area contributed by atoms with Gasteiger partial charge in [-0.05, 0) is 42.0 Å². The first-order chi connectivity index (χ1) is 15.1. The van der Waals surface area contributed by atoms with Gasteiger partial charge in [0.05, 0.1) is 26.3 Å². The van der Waals surface area contributed by atoms with Gasteiger partial charge in [0.2, 0.25) is 5.91 Å². The van der Waals surface area contributed by atoms with E-state index >= 15 is 0 Å². The number of para-hydroxylation sites is 3. The number of fused-ring (bicyclic) bond motifs is 2. The number of nitrogens with one attached hydrogen (secondary N) is 1. The van der Waals surface area contributed by atoms with Gasteiger partial charge in [-0.2, -0.15) is 0 Å². The molecule has 0 atom stereocenters. The van der Waals surface area contributed by atoms with Crippen molar-refractivity contribution < 1.29 is 4.79 Å². The summed E-state index contributed by atoms with van der Waals surface area (Å²) in [6, 6.07) is 23.3. The molecule has 1 N–H and O–H groups in total. The number of rotatable bonds is 5. The summed E-state index contributed by atoms with van der Waals surface area (Å²) in [5.74, 6) is -0.239. The van der Waals surface area contributed by atoms with Crippen LogP contribution < -0.4 is 11.0 Å². The molecule has 3 aromatic carbocycles. The maximum atomic E-state index is 12.6. The molecule has 154 valence electrons. The maximum Gasteiger partial charge on any atom is 0.329 e. The molecule has 0 saturated carbocycles. The number of carbonyl (C=O) groups is 1. The lowest BCUT2D eigenvalue weighted by Crippen LogP contribution is -2.28. The Bertz CT molecular complexity index is 1430. The van der Waals surface area contributed by atoms with Crippen molar-refractivity contribution in [2.75, 3.05) is 5.32 Å². The first kappa shape index (κ1) is 19.3. The Morgan fingerprint density at radius 2 is 1.68 bits per heavy atom. The highest BCUT2D eigenvalue weighted by atomic mass is 32.1. The highest BCUT2D eigenvalue weighted by Gasteiger charge is 2.13. The third-order valence-electron chi connectivity index (χ3n) is 5.28. The van der Waals surface area contributed by atoms with Gasteiger partial charge in [0.25, 0.3) is 0 Å². The second-order valence-electron chi connectivity index (χ2n) is 7.41. The van der Waals surface area contributed by atoms with Gasteiger partial charge in [-0.15, -0.1) is 11.3 Å². The number of aryl methyl sites for hydroxylation is 1. The van der Waals surface area contributed by atoms with E-state index in [1.807, 2.05) is 66.7 Å². The Morgan fingerprint density at radius 3 is 2.45 bits per heavy atom. The van der Waals surface area contributed by atoms with Crippen LogP contribution in [0.15, 0.2) is 77.6 Å². The van der Waals surface area contributed by atoms with Crippen LogP contribution in [0.2, 0.25) is 0 Å². The summed E-state index contributed by atoms with van der Waals surface area (Å²) in [5, 5.41) is 3.95. The van der Waals surface area contributed by atoms with Gasteiger partial charge < -0.3 is 5.32 Å². The topological polar surface area (TPSA) is 68.9 Å². The van der Waals surface area contributed by atoms with Crippen LogP contribution in [0.5, 0.6) is 0 Å². The standard InChI is InChI=1S/C24H20N4O2S/c1-27-19-7-3-4-8-20(19)28(24(27)30)15-22(29)25-17-12-10-16(11-13-17)14-23-26-18-6-2-5-9-21(18)31-23/h2-13H,14-15H2,1H3,(H,25,29). The van der Waals surface area contributed by atoms with Crippen molar-refractivity contribution in [2.24, 2.45) is 7.05 Å². The molecular weight excluding hydrogens is 408 g/mol. The van der Waals surface area contributed by atoms with Crippen LogP contribution in [0.3, 0.4) is 0 Å². The number of thiazole rings is 1. The molecule has 0 radical (unpaired) electrons.